The van der Waals surface area contributed by atoms with Crippen molar-refractivity contribution in [2.45, 2.75) is 61.6 Å². The molecule has 0 bridgehead atoms. The zero-order valence-electron chi connectivity index (χ0n) is 17.7. The van der Waals surface area contributed by atoms with Gasteiger partial charge < -0.3 is 35.6 Å². The first kappa shape index (κ1) is 26.2. The van der Waals surface area contributed by atoms with Crippen molar-refractivity contribution in [3.63, 3.8) is 0 Å². The number of carbonyl (C=O) groups excluding carboxylic acids is 1. The highest BCUT2D eigenvalue weighted by atomic mass is 32.2. The molecule has 1 amide bonds. The standard InChI is InChI=1S/C20H29NO10S/c1-20(2,19(28)21-14-16(24)15(23)13(10-22)31-18(14)27)32(29,30)9-8-12(17(25)26)11-6-4-3-5-7-11/h3-7,12-16,18,22-24,27H,8-10H2,1-2H3,(H,21,28)(H,25,26)/t12-,13+,14+,15+,16+,18?/m0/s1. The largest absolute Gasteiger partial charge is 0.481 e. The number of hydrogen-bond acceptors (Lipinski definition) is 9. The maximum Gasteiger partial charge on any atom is 0.311 e. The van der Waals surface area contributed by atoms with E-state index in [0.29, 0.717) is 5.56 Å². The topological polar surface area (TPSA) is 191 Å². The van der Waals surface area contributed by atoms with E-state index in [1.165, 1.54) is 0 Å². The first-order chi connectivity index (χ1) is 14.8. The lowest BCUT2D eigenvalue weighted by Crippen LogP contribution is -2.66. The van der Waals surface area contributed by atoms with Crippen LogP contribution in [0.15, 0.2) is 30.3 Å². The fourth-order valence-corrected chi connectivity index (χ4v) is 4.76. The SMILES string of the molecule is CC(C)(C(=O)N[C@H]1C(O)O[C@H](CO)[C@@H](O)[C@@H]1O)S(=O)(=O)CC[C@H](C(=O)O)c1ccccc1. The maximum absolute atomic E-state index is 12.9. The van der Waals surface area contributed by atoms with Crippen LogP contribution in [0.4, 0.5) is 0 Å². The number of carbonyl (C=O) groups is 2. The van der Waals surface area contributed by atoms with E-state index < -0.39 is 75.4 Å². The highest BCUT2D eigenvalue weighted by Gasteiger charge is 2.48. The minimum Gasteiger partial charge on any atom is -0.481 e. The summed E-state index contributed by atoms with van der Waals surface area (Å²) < 4.78 is 28.8. The average Bonchev–Trinajstić information content (AvgIpc) is 2.73. The number of aliphatic hydroxyl groups is 4. The summed E-state index contributed by atoms with van der Waals surface area (Å²) in [5.41, 5.74) is 0.426. The van der Waals surface area contributed by atoms with E-state index in [1.54, 1.807) is 30.3 Å². The molecule has 1 aromatic rings. The fraction of sp³-hybridized carbons (Fsp3) is 0.600. The highest BCUT2D eigenvalue weighted by Crippen LogP contribution is 2.26. The van der Waals surface area contributed by atoms with Gasteiger partial charge in [0.1, 0.15) is 29.1 Å². The summed E-state index contributed by atoms with van der Waals surface area (Å²) in [6.45, 7) is 1.54. The molecule has 0 saturated carbocycles. The van der Waals surface area contributed by atoms with Gasteiger partial charge in [0, 0.05) is 0 Å². The molecule has 6 atom stereocenters. The molecule has 0 aromatic heterocycles. The summed E-state index contributed by atoms with van der Waals surface area (Å²) in [5.74, 6) is -3.98. The van der Waals surface area contributed by atoms with Gasteiger partial charge in [-0.15, -0.1) is 0 Å². The Kier molecular flexibility index (Phi) is 8.37. The Labute approximate surface area is 185 Å². The van der Waals surface area contributed by atoms with E-state index in [1.807, 2.05) is 0 Å². The number of aliphatic carboxylic acids is 1. The van der Waals surface area contributed by atoms with Crippen LogP contribution in [0, 0.1) is 0 Å². The van der Waals surface area contributed by atoms with Gasteiger partial charge in [-0.25, -0.2) is 8.42 Å². The summed E-state index contributed by atoms with van der Waals surface area (Å²) in [7, 11) is -4.19. The molecule has 6 N–H and O–H groups in total. The molecule has 1 heterocycles. The molecule has 1 aromatic carbocycles. The van der Waals surface area contributed by atoms with E-state index >= 15 is 0 Å². The van der Waals surface area contributed by atoms with Gasteiger partial charge in [-0.3, -0.25) is 9.59 Å². The molecule has 1 saturated heterocycles. The molecule has 0 aliphatic carbocycles. The lowest BCUT2D eigenvalue weighted by Gasteiger charge is -2.41. The van der Waals surface area contributed by atoms with Crippen LogP contribution in [-0.2, 0) is 24.2 Å². The third-order valence-electron chi connectivity index (χ3n) is 5.70. The maximum atomic E-state index is 12.9. The summed E-state index contributed by atoms with van der Waals surface area (Å²) in [4.78, 5) is 24.4. The van der Waals surface area contributed by atoms with Crippen LogP contribution < -0.4 is 5.32 Å². The first-order valence-electron chi connectivity index (χ1n) is 9.95. The van der Waals surface area contributed by atoms with Gasteiger partial charge in [0.15, 0.2) is 16.1 Å². The molecule has 12 heteroatoms. The average molecular weight is 476 g/mol. The van der Waals surface area contributed by atoms with Crippen molar-refractivity contribution in [3.8, 4) is 0 Å². The van der Waals surface area contributed by atoms with Crippen LogP contribution in [0.25, 0.3) is 0 Å². The quantitative estimate of drug-likeness (QED) is 0.241. The van der Waals surface area contributed by atoms with E-state index in [2.05, 4.69) is 5.32 Å². The molecule has 0 radical (unpaired) electrons. The van der Waals surface area contributed by atoms with Crippen molar-refractivity contribution in [1.29, 1.82) is 0 Å². The zero-order chi connectivity index (χ0) is 24.3. The minimum atomic E-state index is -4.19. The molecule has 1 aliphatic heterocycles. The van der Waals surface area contributed by atoms with Gasteiger partial charge in [-0.1, -0.05) is 30.3 Å². The molecule has 11 nitrogen and oxygen atoms in total. The summed E-state index contributed by atoms with van der Waals surface area (Å²) in [6.07, 6.45) is -6.71. The molecular weight excluding hydrogens is 446 g/mol. The Hall–Kier alpha value is -2.09. The second-order valence-corrected chi connectivity index (χ2v) is 10.8. The van der Waals surface area contributed by atoms with Gasteiger partial charge >= 0.3 is 5.97 Å². The van der Waals surface area contributed by atoms with Gasteiger partial charge in [-0.05, 0) is 25.8 Å². The lowest BCUT2D eigenvalue weighted by molar-refractivity contribution is -0.254. The van der Waals surface area contributed by atoms with E-state index in [9.17, 15) is 38.4 Å². The molecule has 180 valence electrons. The number of carboxylic acids is 1. The number of rotatable bonds is 9. The second-order valence-electron chi connectivity index (χ2n) is 8.15. The van der Waals surface area contributed by atoms with Crippen molar-refractivity contribution in [1.82, 2.24) is 5.32 Å². The number of hydrogen-bond donors (Lipinski definition) is 6. The molecule has 0 spiro atoms. The monoisotopic (exact) mass is 475 g/mol. The third-order valence-corrected chi connectivity index (χ3v) is 8.21. The van der Waals surface area contributed by atoms with Crippen molar-refractivity contribution in [2.75, 3.05) is 12.4 Å². The van der Waals surface area contributed by atoms with Gasteiger partial charge in [0.05, 0.1) is 18.3 Å². The minimum absolute atomic E-state index is 0.271. The van der Waals surface area contributed by atoms with Gasteiger partial charge in [0.2, 0.25) is 5.91 Å². The number of ether oxygens (including phenoxy) is 1. The predicted octanol–water partition coefficient (Wildman–Crippen LogP) is -1.65. The Morgan fingerprint density at radius 3 is 2.25 bits per heavy atom. The zero-order valence-corrected chi connectivity index (χ0v) is 18.5. The van der Waals surface area contributed by atoms with Gasteiger partial charge in [-0.2, -0.15) is 0 Å². The summed E-state index contributed by atoms with van der Waals surface area (Å²) in [5, 5.41) is 50.9. The van der Waals surface area contributed by atoms with Gasteiger partial charge in [0.25, 0.3) is 0 Å². The number of amides is 1. The Balaban J connectivity index is 2.13. The Bertz CT molecular complexity index is 904. The molecule has 32 heavy (non-hydrogen) atoms. The lowest BCUT2D eigenvalue weighted by atomic mass is 9.96. The fourth-order valence-electron chi connectivity index (χ4n) is 3.37. The normalized spacial score (nSPS) is 27.5. The van der Waals surface area contributed by atoms with Crippen LogP contribution in [0.2, 0.25) is 0 Å². The number of sulfone groups is 1. The van der Waals surface area contributed by atoms with Crippen LogP contribution in [0.5, 0.6) is 0 Å². The van der Waals surface area contributed by atoms with Crippen molar-refractivity contribution >= 4 is 21.7 Å². The molecule has 1 unspecified atom stereocenters. The third kappa shape index (κ3) is 5.45. The number of benzene rings is 1. The molecule has 1 aliphatic rings. The number of carboxylic acid groups (broad SMARTS) is 1. The Morgan fingerprint density at radius 1 is 1.12 bits per heavy atom. The van der Waals surface area contributed by atoms with E-state index in [-0.39, 0.29) is 6.42 Å². The highest BCUT2D eigenvalue weighted by molar-refractivity contribution is 7.93. The Morgan fingerprint density at radius 2 is 1.72 bits per heavy atom. The van der Waals surface area contributed by atoms with Crippen LogP contribution in [0.1, 0.15) is 31.7 Å². The molecule has 1 fully saturated rings. The smallest absolute Gasteiger partial charge is 0.311 e. The van der Waals surface area contributed by atoms with Crippen LogP contribution in [0.3, 0.4) is 0 Å². The number of nitrogens with one attached hydrogen (secondary N) is 1. The van der Waals surface area contributed by atoms with Crippen molar-refractivity contribution in [3.05, 3.63) is 35.9 Å². The number of aliphatic hydroxyl groups excluding tert-OH is 4. The second kappa shape index (κ2) is 10.2. The van der Waals surface area contributed by atoms with E-state index in [4.69, 9.17) is 9.84 Å². The molecular formula is C20H29NO10S. The van der Waals surface area contributed by atoms with Crippen LogP contribution >= 0.6 is 0 Å². The molecule has 2 rings (SSSR count). The summed E-state index contributed by atoms with van der Waals surface area (Å²) >= 11 is 0. The summed E-state index contributed by atoms with van der Waals surface area (Å²) in [6, 6.07) is 6.56. The van der Waals surface area contributed by atoms with Crippen LogP contribution in [-0.4, -0.2) is 93.6 Å². The predicted molar refractivity (Wildman–Crippen MR) is 111 cm³/mol. The first-order valence-corrected chi connectivity index (χ1v) is 11.6. The van der Waals surface area contributed by atoms with Crippen molar-refractivity contribution in [2.24, 2.45) is 0 Å². The van der Waals surface area contributed by atoms with Crippen molar-refractivity contribution < 1.29 is 48.3 Å². The van der Waals surface area contributed by atoms with E-state index in [0.717, 1.165) is 13.8 Å².